The Labute approximate surface area is 206 Å². The molecule has 164 valence electrons. The van der Waals surface area contributed by atoms with Crippen molar-refractivity contribution in [1.29, 1.82) is 0 Å². The van der Waals surface area contributed by atoms with E-state index in [2.05, 4.69) is 26.2 Å². The molecule has 1 atom stereocenters. The third kappa shape index (κ3) is 2.71. The summed E-state index contributed by atoms with van der Waals surface area (Å²) in [4.78, 5) is 21.4. The molecule has 0 saturated carbocycles. The van der Waals surface area contributed by atoms with E-state index in [0.717, 1.165) is 32.2 Å². The first-order valence-corrected chi connectivity index (χ1v) is 12.2. The first-order valence-electron chi connectivity index (χ1n) is 10.5. The van der Waals surface area contributed by atoms with Gasteiger partial charge in [0.1, 0.15) is 0 Å². The van der Waals surface area contributed by atoms with Gasteiger partial charge in [-0.15, -0.1) is 5.10 Å². The summed E-state index contributed by atoms with van der Waals surface area (Å²) in [5, 5.41) is 12.2. The maximum absolute atomic E-state index is 13.2. The van der Waals surface area contributed by atoms with Crippen molar-refractivity contribution in [3.63, 3.8) is 0 Å². The Morgan fingerprint density at radius 2 is 1.94 bits per heavy atom. The number of nitrogens with one attached hydrogen (secondary N) is 1. The fourth-order valence-corrected chi connectivity index (χ4v) is 5.91. The number of thioether (sulfide) groups is 1. The highest BCUT2D eigenvalue weighted by Gasteiger charge is 2.59. The van der Waals surface area contributed by atoms with Gasteiger partial charge in [-0.1, -0.05) is 58.0 Å². The van der Waals surface area contributed by atoms with Crippen LogP contribution in [0.2, 0.25) is 0 Å². The van der Waals surface area contributed by atoms with Crippen molar-refractivity contribution >= 4 is 56.2 Å². The van der Waals surface area contributed by atoms with E-state index in [-0.39, 0.29) is 5.91 Å². The lowest BCUT2D eigenvalue weighted by atomic mass is 10.0. The minimum atomic E-state index is -1.06. The van der Waals surface area contributed by atoms with Gasteiger partial charge in [0, 0.05) is 38.3 Å². The zero-order chi connectivity index (χ0) is 22.9. The van der Waals surface area contributed by atoms with Crippen LogP contribution in [0, 0.1) is 0 Å². The molecule has 0 aliphatic carbocycles. The van der Waals surface area contributed by atoms with Crippen molar-refractivity contribution in [3.05, 3.63) is 99.8 Å². The van der Waals surface area contributed by atoms with Gasteiger partial charge in [0.15, 0.2) is 5.65 Å². The Hall–Kier alpha value is -3.69. The van der Waals surface area contributed by atoms with Crippen LogP contribution < -0.4 is 5.32 Å². The van der Waals surface area contributed by atoms with Gasteiger partial charge >= 0.3 is 0 Å². The number of rotatable bonds is 2. The Morgan fingerprint density at radius 3 is 2.82 bits per heavy atom. The molecule has 1 spiro atoms. The summed E-state index contributed by atoms with van der Waals surface area (Å²) < 4.78 is 7.11. The van der Waals surface area contributed by atoms with Crippen LogP contribution in [0.5, 0.6) is 0 Å². The second-order valence-electron chi connectivity index (χ2n) is 7.98. The molecule has 34 heavy (non-hydrogen) atoms. The van der Waals surface area contributed by atoms with E-state index in [9.17, 15) is 4.79 Å². The smallest absolute Gasteiger partial charge is 0.268 e. The molecular weight excluding hydrogens is 514 g/mol. The second-order valence-corrected chi connectivity index (χ2v) is 9.96. The fraction of sp³-hybridized carbons (Fsp3) is 0.0400. The number of amides is 1. The highest BCUT2D eigenvalue weighted by atomic mass is 79.9. The lowest BCUT2D eigenvalue weighted by molar-refractivity contribution is -0.121. The van der Waals surface area contributed by atoms with E-state index >= 15 is 0 Å². The molecule has 0 bridgehead atoms. The Bertz CT molecular complexity index is 1590. The number of carbonyl (C=O) groups is 1. The second kappa shape index (κ2) is 7.15. The maximum Gasteiger partial charge on any atom is 0.268 e. The summed E-state index contributed by atoms with van der Waals surface area (Å²) in [6, 6.07) is 21.4. The molecule has 9 heteroatoms. The summed E-state index contributed by atoms with van der Waals surface area (Å²) in [5.41, 5.74) is 4.62. The average Bonchev–Trinajstić information content (AvgIpc) is 3.52. The summed E-state index contributed by atoms with van der Waals surface area (Å²) in [7, 11) is 0. The van der Waals surface area contributed by atoms with Crippen LogP contribution in [0.15, 0.2) is 93.8 Å². The molecule has 0 fully saturated rings. The fourth-order valence-electron chi connectivity index (χ4n) is 4.44. The van der Waals surface area contributed by atoms with Crippen molar-refractivity contribution in [2.45, 2.75) is 4.87 Å². The van der Waals surface area contributed by atoms with E-state index in [0.29, 0.717) is 23.1 Å². The predicted molar refractivity (Wildman–Crippen MR) is 135 cm³/mol. The highest BCUT2D eigenvalue weighted by molar-refractivity contribution is 9.10. The van der Waals surface area contributed by atoms with Crippen LogP contribution in [0.25, 0.3) is 22.3 Å². The molecule has 1 N–H and O–H groups in total. The summed E-state index contributed by atoms with van der Waals surface area (Å²) >= 11 is 4.91. The largest absolute Gasteiger partial charge is 0.418 e. The highest BCUT2D eigenvalue weighted by Crippen LogP contribution is 2.56. The number of hydrogen-bond acceptors (Lipinski definition) is 7. The maximum atomic E-state index is 13.2. The molecule has 2 aromatic carbocycles. The van der Waals surface area contributed by atoms with Crippen LogP contribution >= 0.6 is 27.7 Å². The number of benzene rings is 2. The van der Waals surface area contributed by atoms with Gasteiger partial charge < -0.3 is 10.1 Å². The number of ether oxygens (including phenoxy) is 1. The molecule has 5 heterocycles. The number of hydrogen-bond donors (Lipinski definition) is 1. The zero-order valence-corrected chi connectivity index (χ0v) is 19.8. The molecule has 1 amide bonds. The number of hydrazone groups is 1. The van der Waals surface area contributed by atoms with Gasteiger partial charge in [-0.3, -0.25) is 4.79 Å². The van der Waals surface area contributed by atoms with Crippen LogP contribution in [0.4, 0.5) is 5.69 Å². The topological polar surface area (TPSA) is 79.7 Å². The number of pyridine rings is 2. The van der Waals surface area contributed by atoms with E-state index in [4.69, 9.17) is 14.8 Å². The van der Waals surface area contributed by atoms with E-state index < -0.39 is 4.87 Å². The lowest BCUT2D eigenvalue weighted by Gasteiger charge is -2.27. The number of nitrogens with zero attached hydrogens (tertiary/aromatic N) is 4. The van der Waals surface area contributed by atoms with E-state index in [1.54, 1.807) is 11.2 Å². The SMILES string of the molecule is O=C1Nc2ccc(Br)cc2C12SC=C1OC(c3cc4cccnc4nc3-c3ccccc3)=NN12. The van der Waals surface area contributed by atoms with Crippen molar-refractivity contribution in [1.82, 2.24) is 15.0 Å². The van der Waals surface area contributed by atoms with Gasteiger partial charge in [-0.05, 0) is 36.4 Å². The van der Waals surface area contributed by atoms with Gasteiger partial charge in [0.25, 0.3) is 5.91 Å². The lowest BCUT2D eigenvalue weighted by Crippen LogP contribution is -2.41. The molecule has 2 aromatic heterocycles. The first-order chi connectivity index (χ1) is 16.6. The third-order valence-corrected chi connectivity index (χ3v) is 7.73. The number of fused-ring (bicyclic) bond motifs is 5. The molecule has 3 aliphatic rings. The van der Waals surface area contributed by atoms with Gasteiger partial charge in [0.05, 0.1) is 11.3 Å². The average molecular weight is 528 g/mol. The van der Waals surface area contributed by atoms with Crippen molar-refractivity contribution in [2.24, 2.45) is 5.10 Å². The van der Waals surface area contributed by atoms with Crippen LogP contribution in [0.3, 0.4) is 0 Å². The third-order valence-electron chi connectivity index (χ3n) is 6.00. The molecule has 4 aromatic rings. The standard InChI is InChI=1S/C25H14BrN5O2S/c26-16-8-9-19-18(12-16)25(24(32)28-19)31-20(13-34-25)33-23(30-31)17-11-15-7-4-10-27-22(15)29-21(17)14-5-2-1-3-6-14/h1-13H,(H,28,32). The van der Waals surface area contributed by atoms with Gasteiger partial charge in [0.2, 0.25) is 16.7 Å². The minimum absolute atomic E-state index is 0.158. The molecule has 3 aliphatic heterocycles. The monoisotopic (exact) mass is 527 g/mol. The Morgan fingerprint density at radius 1 is 1.06 bits per heavy atom. The summed E-state index contributed by atoms with van der Waals surface area (Å²) in [6.07, 6.45) is 1.73. The zero-order valence-electron chi connectivity index (χ0n) is 17.4. The van der Waals surface area contributed by atoms with Crippen LogP contribution in [-0.2, 0) is 14.4 Å². The molecule has 7 rings (SSSR count). The Balaban J connectivity index is 1.41. The normalized spacial score (nSPS) is 20.1. The summed E-state index contributed by atoms with van der Waals surface area (Å²) in [5.74, 6) is 0.738. The first kappa shape index (κ1) is 19.7. The molecule has 1 unspecified atom stereocenters. The van der Waals surface area contributed by atoms with Crippen molar-refractivity contribution < 1.29 is 9.53 Å². The number of carbonyl (C=O) groups excluding carboxylic acids is 1. The van der Waals surface area contributed by atoms with E-state index in [1.165, 1.54) is 11.8 Å². The van der Waals surface area contributed by atoms with Crippen LogP contribution in [-0.4, -0.2) is 26.8 Å². The number of anilines is 1. The van der Waals surface area contributed by atoms with E-state index in [1.807, 2.05) is 72.1 Å². The molecular formula is C25H14BrN5O2S. The van der Waals surface area contributed by atoms with Crippen molar-refractivity contribution in [3.8, 4) is 11.3 Å². The molecule has 0 radical (unpaired) electrons. The quantitative estimate of drug-likeness (QED) is 0.375. The minimum Gasteiger partial charge on any atom is -0.418 e. The van der Waals surface area contributed by atoms with Crippen LogP contribution in [0.1, 0.15) is 11.1 Å². The number of aromatic nitrogens is 2. The van der Waals surface area contributed by atoms with Gasteiger partial charge in [-0.2, -0.15) is 5.01 Å². The van der Waals surface area contributed by atoms with Gasteiger partial charge in [-0.25, -0.2) is 9.97 Å². The Kier molecular flexibility index (Phi) is 4.15. The number of halogens is 1. The molecule has 0 saturated heterocycles. The predicted octanol–water partition coefficient (Wildman–Crippen LogP) is 5.40. The van der Waals surface area contributed by atoms with Crippen molar-refractivity contribution in [2.75, 3.05) is 5.32 Å². The summed E-state index contributed by atoms with van der Waals surface area (Å²) in [6.45, 7) is 0. The molecule has 7 nitrogen and oxygen atoms in total.